The molecule has 0 atom stereocenters. The summed E-state index contributed by atoms with van der Waals surface area (Å²) in [5.74, 6) is -0.334. The summed E-state index contributed by atoms with van der Waals surface area (Å²) in [7, 11) is -3.57. The standard InChI is InChI=1S/C22H24N4O3S2/c1-16-4-6-17(7-5-16)13-19-14-24-22(30-19)25-21(27)18-8-11-26(12-9-18)31(28,29)20-3-2-10-23-15-20/h2-7,10,14-15,18H,8-9,11-13H2,1H3,(H,24,25,27). The summed E-state index contributed by atoms with van der Waals surface area (Å²) in [6.07, 6.45) is 6.42. The Balaban J connectivity index is 1.31. The van der Waals surface area contributed by atoms with Crippen LogP contribution in [-0.2, 0) is 21.2 Å². The van der Waals surface area contributed by atoms with Crippen molar-refractivity contribution in [1.29, 1.82) is 0 Å². The van der Waals surface area contributed by atoms with Gasteiger partial charge in [0.25, 0.3) is 0 Å². The van der Waals surface area contributed by atoms with E-state index in [1.54, 1.807) is 18.5 Å². The first kappa shape index (κ1) is 21.6. The number of benzene rings is 1. The largest absolute Gasteiger partial charge is 0.302 e. The highest BCUT2D eigenvalue weighted by molar-refractivity contribution is 7.89. The summed E-state index contributed by atoms with van der Waals surface area (Å²) in [4.78, 5) is 22.2. The van der Waals surface area contributed by atoms with Crippen molar-refractivity contribution in [2.24, 2.45) is 5.92 Å². The number of nitrogens with zero attached hydrogens (tertiary/aromatic N) is 3. The Morgan fingerprint density at radius 3 is 2.58 bits per heavy atom. The van der Waals surface area contributed by atoms with Crippen LogP contribution in [0.2, 0.25) is 0 Å². The summed E-state index contributed by atoms with van der Waals surface area (Å²) in [5, 5.41) is 3.48. The number of amides is 1. The fourth-order valence-corrected chi connectivity index (χ4v) is 5.85. The van der Waals surface area contributed by atoms with Gasteiger partial charge in [0, 0.05) is 48.9 Å². The maximum absolute atomic E-state index is 12.7. The van der Waals surface area contributed by atoms with Crippen molar-refractivity contribution in [3.05, 3.63) is 71.0 Å². The van der Waals surface area contributed by atoms with Crippen LogP contribution in [0.4, 0.5) is 5.13 Å². The van der Waals surface area contributed by atoms with Crippen molar-refractivity contribution in [2.75, 3.05) is 18.4 Å². The molecule has 162 valence electrons. The fraction of sp³-hybridized carbons (Fsp3) is 0.318. The molecule has 1 amide bonds. The lowest BCUT2D eigenvalue weighted by molar-refractivity contribution is -0.120. The Labute approximate surface area is 186 Å². The van der Waals surface area contributed by atoms with Crippen LogP contribution in [0.15, 0.2) is 59.9 Å². The second kappa shape index (κ2) is 9.25. The lowest BCUT2D eigenvalue weighted by Gasteiger charge is -2.30. The predicted octanol–water partition coefficient (Wildman–Crippen LogP) is 3.48. The number of piperidine rings is 1. The summed E-state index contributed by atoms with van der Waals surface area (Å²) >= 11 is 1.47. The number of aryl methyl sites for hydroxylation is 1. The zero-order chi connectivity index (χ0) is 21.8. The number of anilines is 1. The van der Waals surface area contributed by atoms with Gasteiger partial charge in [-0.05, 0) is 37.5 Å². The molecule has 3 heterocycles. The second-order valence-electron chi connectivity index (χ2n) is 7.65. The van der Waals surface area contributed by atoms with Crippen LogP contribution in [0, 0.1) is 12.8 Å². The quantitative estimate of drug-likeness (QED) is 0.613. The van der Waals surface area contributed by atoms with E-state index in [9.17, 15) is 13.2 Å². The molecule has 0 bridgehead atoms. The van der Waals surface area contributed by atoms with E-state index in [2.05, 4.69) is 46.5 Å². The minimum Gasteiger partial charge on any atom is -0.302 e. The smallest absolute Gasteiger partial charge is 0.244 e. The Hall–Kier alpha value is -2.62. The number of carbonyl (C=O) groups excluding carboxylic acids is 1. The van der Waals surface area contributed by atoms with Gasteiger partial charge in [-0.3, -0.25) is 9.78 Å². The molecule has 0 saturated carbocycles. The van der Waals surface area contributed by atoms with Gasteiger partial charge < -0.3 is 5.32 Å². The third-order valence-electron chi connectivity index (χ3n) is 5.38. The number of hydrogen-bond acceptors (Lipinski definition) is 6. The number of hydrogen-bond donors (Lipinski definition) is 1. The molecule has 1 aliphatic heterocycles. The van der Waals surface area contributed by atoms with Crippen LogP contribution >= 0.6 is 11.3 Å². The van der Waals surface area contributed by atoms with E-state index in [0.717, 1.165) is 11.3 Å². The minimum absolute atomic E-state index is 0.102. The average Bonchev–Trinajstić information content (AvgIpc) is 3.22. The van der Waals surface area contributed by atoms with Gasteiger partial charge >= 0.3 is 0 Å². The highest BCUT2D eigenvalue weighted by Gasteiger charge is 2.32. The number of rotatable bonds is 6. The lowest BCUT2D eigenvalue weighted by atomic mass is 9.97. The summed E-state index contributed by atoms with van der Waals surface area (Å²) < 4.78 is 26.8. The van der Waals surface area contributed by atoms with Crippen LogP contribution in [0.3, 0.4) is 0 Å². The van der Waals surface area contributed by atoms with Crippen molar-refractivity contribution >= 4 is 32.4 Å². The number of nitrogens with one attached hydrogen (secondary N) is 1. The molecule has 31 heavy (non-hydrogen) atoms. The Morgan fingerprint density at radius 1 is 1.16 bits per heavy atom. The van der Waals surface area contributed by atoms with E-state index < -0.39 is 10.0 Å². The molecule has 1 saturated heterocycles. The van der Waals surface area contributed by atoms with Gasteiger partial charge in [-0.1, -0.05) is 29.8 Å². The topological polar surface area (TPSA) is 92.3 Å². The molecular weight excluding hydrogens is 432 g/mol. The lowest BCUT2D eigenvalue weighted by Crippen LogP contribution is -2.41. The maximum Gasteiger partial charge on any atom is 0.244 e. The maximum atomic E-state index is 12.7. The van der Waals surface area contributed by atoms with Gasteiger partial charge in [-0.2, -0.15) is 4.31 Å². The number of pyridine rings is 1. The van der Waals surface area contributed by atoms with Crippen LogP contribution < -0.4 is 5.32 Å². The van der Waals surface area contributed by atoms with E-state index in [1.807, 2.05) is 0 Å². The molecule has 9 heteroatoms. The molecule has 0 aliphatic carbocycles. The van der Waals surface area contributed by atoms with E-state index >= 15 is 0 Å². The monoisotopic (exact) mass is 456 g/mol. The first-order valence-electron chi connectivity index (χ1n) is 10.1. The minimum atomic E-state index is -3.57. The molecule has 4 rings (SSSR count). The van der Waals surface area contributed by atoms with Crippen LogP contribution in [0.5, 0.6) is 0 Å². The number of thiazole rings is 1. The van der Waals surface area contributed by atoms with Crippen molar-refractivity contribution < 1.29 is 13.2 Å². The van der Waals surface area contributed by atoms with Crippen molar-refractivity contribution in [3.8, 4) is 0 Å². The molecule has 0 radical (unpaired) electrons. The molecule has 1 N–H and O–H groups in total. The number of aromatic nitrogens is 2. The van der Waals surface area contributed by atoms with Crippen LogP contribution in [-0.4, -0.2) is 41.7 Å². The molecule has 0 unspecified atom stereocenters. The second-order valence-corrected chi connectivity index (χ2v) is 10.7. The van der Waals surface area contributed by atoms with E-state index in [-0.39, 0.29) is 16.7 Å². The fourth-order valence-electron chi connectivity index (χ4n) is 3.57. The normalized spacial score (nSPS) is 15.6. The Bertz CT molecular complexity index is 1140. The highest BCUT2D eigenvalue weighted by atomic mass is 32.2. The number of sulfonamides is 1. The Kier molecular flexibility index (Phi) is 6.45. The third kappa shape index (κ3) is 5.17. The molecule has 1 aliphatic rings. The first-order chi connectivity index (χ1) is 14.9. The van der Waals surface area contributed by atoms with Crippen molar-refractivity contribution in [1.82, 2.24) is 14.3 Å². The molecule has 1 aromatic carbocycles. The third-order valence-corrected chi connectivity index (χ3v) is 8.17. The SMILES string of the molecule is Cc1ccc(Cc2cnc(NC(=O)C3CCN(S(=O)(=O)c4cccnc4)CC3)s2)cc1. The van der Waals surface area contributed by atoms with Gasteiger partial charge in [-0.25, -0.2) is 13.4 Å². The van der Waals surface area contributed by atoms with E-state index in [4.69, 9.17) is 0 Å². The van der Waals surface area contributed by atoms with Crippen LogP contribution in [0.1, 0.15) is 28.8 Å². The highest BCUT2D eigenvalue weighted by Crippen LogP contribution is 2.26. The van der Waals surface area contributed by atoms with Gasteiger partial charge in [0.05, 0.1) is 0 Å². The zero-order valence-corrected chi connectivity index (χ0v) is 18.8. The Morgan fingerprint density at radius 2 is 1.90 bits per heavy atom. The van der Waals surface area contributed by atoms with Crippen molar-refractivity contribution in [2.45, 2.75) is 31.1 Å². The molecule has 7 nitrogen and oxygen atoms in total. The zero-order valence-electron chi connectivity index (χ0n) is 17.2. The van der Waals surface area contributed by atoms with Crippen LogP contribution in [0.25, 0.3) is 0 Å². The summed E-state index contributed by atoms with van der Waals surface area (Å²) in [5.41, 5.74) is 2.43. The van der Waals surface area contributed by atoms with Gasteiger partial charge in [0.2, 0.25) is 15.9 Å². The van der Waals surface area contributed by atoms with Gasteiger partial charge in [0.1, 0.15) is 4.90 Å². The predicted molar refractivity (Wildman–Crippen MR) is 120 cm³/mol. The molecule has 3 aromatic rings. The molecule has 1 fully saturated rings. The molecular formula is C22H24N4O3S2. The van der Waals surface area contributed by atoms with E-state index in [0.29, 0.717) is 31.1 Å². The number of carbonyl (C=O) groups is 1. The molecule has 0 spiro atoms. The summed E-state index contributed by atoms with van der Waals surface area (Å²) in [6.45, 7) is 2.68. The van der Waals surface area contributed by atoms with Gasteiger partial charge in [0.15, 0.2) is 5.13 Å². The van der Waals surface area contributed by atoms with Gasteiger partial charge in [-0.15, -0.1) is 11.3 Å². The molecule has 2 aromatic heterocycles. The van der Waals surface area contributed by atoms with Crippen molar-refractivity contribution in [3.63, 3.8) is 0 Å². The first-order valence-corrected chi connectivity index (χ1v) is 12.4. The van der Waals surface area contributed by atoms with E-state index in [1.165, 1.54) is 39.0 Å². The average molecular weight is 457 g/mol. The summed E-state index contributed by atoms with van der Waals surface area (Å²) in [6, 6.07) is 11.5.